The third-order valence-corrected chi connectivity index (χ3v) is 4.47. The van der Waals surface area contributed by atoms with Gasteiger partial charge in [-0.2, -0.15) is 0 Å². The summed E-state index contributed by atoms with van der Waals surface area (Å²) in [6.07, 6.45) is 0. The van der Waals surface area contributed by atoms with Crippen LogP contribution in [-0.4, -0.2) is 5.97 Å². The number of esters is 1. The lowest BCUT2D eigenvalue weighted by atomic mass is 10.1. The molecule has 3 nitrogen and oxygen atoms in total. The molecule has 0 spiro atoms. The summed E-state index contributed by atoms with van der Waals surface area (Å²) in [6, 6.07) is 7.26. The minimum absolute atomic E-state index is 0.254. The second-order valence-corrected chi connectivity index (χ2v) is 5.66. The molecule has 0 saturated carbocycles. The third kappa shape index (κ3) is 2.73. The molecule has 0 atom stereocenters. The Morgan fingerprint density at radius 3 is 2.89 bits per heavy atom. The van der Waals surface area contributed by atoms with Gasteiger partial charge in [-0.1, -0.05) is 12.1 Å². The van der Waals surface area contributed by atoms with Crippen molar-refractivity contribution in [1.29, 1.82) is 0 Å². The lowest BCUT2D eigenvalue weighted by molar-refractivity contribution is 0.0477. The number of anilines is 1. The van der Waals surface area contributed by atoms with Gasteiger partial charge in [0.1, 0.15) is 6.61 Å². The van der Waals surface area contributed by atoms with Crippen LogP contribution in [0.2, 0.25) is 0 Å². The van der Waals surface area contributed by atoms with Crippen molar-refractivity contribution in [3.8, 4) is 0 Å². The van der Waals surface area contributed by atoms with Crippen LogP contribution in [0.3, 0.4) is 0 Å². The van der Waals surface area contributed by atoms with E-state index >= 15 is 0 Å². The zero-order valence-corrected chi connectivity index (χ0v) is 12.2. The maximum absolute atomic E-state index is 11.9. The van der Waals surface area contributed by atoms with Crippen LogP contribution in [-0.2, 0) is 11.3 Å². The number of carbonyl (C=O) groups is 1. The fraction of sp³-hybridized carbons (Fsp3) is 0.154. The van der Waals surface area contributed by atoms with Gasteiger partial charge in [-0.3, -0.25) is 0 Å². The van der Waals surface area contributed by atoms with Gasteiger partial charge in [0, 0.05) is 10.2 Å². The first-order chi connectivity index (χ1) is 8.59. The maximum Gasteiger partial charge on any atom is 0.340 e. The number of nitrogens with two attached hydrogens (primary N) is 1. The average molecular weight is 326 g/mol. The molecule has 2 aromatic rings. The van der Waals surface area contributed by atoms with Gasteiger partial charge in [-0.15, -0.1) is 11.3 Å². The lowest BCUT2D eigenvalue weighted by Crippen LogP contribution is -2.08. The molecule has 0 fully saturated rings. The van der Waals surface area contributed by atoms with E-state index < -0.39 is 5.97 Å². The fourth-order valence-corrected chi connectivity index (χ4v) is 2.87. The number of carbonyl (C=O) groups excluding carboxylic acids is 1. The number of benzene rings is 1. The number of thiophene rings is 1. The molecule has 0 unspecified atom stereocenters. The van der Waals surface area contributed by atoms with E-state index in [0.717, 1.165) is 14.9 Å². The van der Waals surface area contributed by atoms with Crippen molar-refractivity contribution in [2.75, 3.05) is 5.73 Å². The first-order valence-electron chi connectivity index (χ1n) is 5.33. The number of rotatable bonds is 3. The van der Waals surface area contributed by atoms with E-state index in [4.69, 9.17) is 10.5 Å². The van der Waals surface area contributed by atoms with Gasteiger partial charge in [-0.05, 0) is 45.9 Å². The predicted octanol–water partition coefficient (Wildman–Crippen LogP) is 3.76. The highest BCUT2D eigenvalue weighted by Gasteiger charge is 2.13. The van der Waals surface area contributed by atoms with Gasteiger partial charge in [0.2, 0.25) is 0 Å². The van der Waals surface area contributed by atoms with Crippen molar-refractivity contribution in [3.63, 3.8) is 0 Å². The van der Waals surface area contributed by atoms with Crippen LogP contribution in [0.25, 0.3) is 0 Å². The molecule has 0 aliphatic carbocycles. The highest BCUT2D eigenvalue weighted by atomic mass is 79.9. The Morgan fingerprint density at radius 1 is 1.44 bits per heavy atom. The quantitative estimate of drug-likeness (QED) is 0.690. The van der Waals surface area contributed by atoms with E-state index in [1.54, 1.807) is 12.1 Å². The zero-order chi connectivity index (χ0) is 13.1. The Labute approximate surface area is 118 Å². The maximum atomic E-state index is 11.9. The van der Waals surface area contributed by atoms with Crippen LogP contribution in [0.5, 0.6) is 0 Å². The minimum Gasteiger partial charge on any atom is -0.456 e. The summed E-state index contributed by atoms with van der Waals surface area (Å²) in [5.41, 5.74) is 7.63. The average Bonchev–Trinajstić information content (AvgIpc) is 2.75. The van der Waals surface area contributed by atoms with Crippen LogP contribution in [0.15, 0.2) is 34.1 Å². The smallest absolute Gasteiger partial charge is 0.340 e. The number of ether oxygens (including phenoxy) is 1. The van der Waals surface area contributed by atoms with E-state index in [1.807, 2.05) is 24.4 Å². The van der Waals surface area contributed by atoms with Crippen molar-refractivity contribution in [2.24, 2.45) is 0 Å². The molecule has 18 heavy (non-hydrogen) atoms. The van der Waals surface area contributed by atoms with E-state index in [-0.39, 0.29) is 6.61 Å². The van der Waals surface area contributed by atoms with Crippen molar-refractivity contribution < 1.29 is 9.53 Å². The second kappa shape index (κ2) is 5.54. The fourth-order valence-electron chi connectivity index (χ4n) is 1.50. The van der Waals surface area contributed by atoms with Gasteiger partial charge in [0.05, 0.1) is 10.4 Å². The normalized spacial score (nSPS) is 10.3. The molecule has 0 bridgehead atoms. The monoisotopic (exact) mass is 325 g/mol. The second-order valence-electron chi connectivity index (χ2n) is 3.80. The number of nitrogen functional groups attached to an aromatic ring is 1. The number of aryl methyl sites for hydroxylation is 1. The van der Waals surface area contributed by atoms with Crippen molar-refractivity contribution in [2.45, 2.75) is 13.5 Å². The molecule has 0 aliphatic rings. The summed E-state index contributed by atoms with van der Waals surface area (Å²) in [4.78, 5) is 12.9. The van der Waals surface area contributed by atoms with Crippen LogP contribution < -0.4 is 5.73 Å². The minimum atomic E-state index is -0.392. The Balaban J connectivity index is 2.09. The Morgan fingerprint density at radius 2 is 2.22 bits per heavy atom. The first kappa shape index (κ1) is 13.1. The molecule has 1 aromatic carbocycles. The molecule has 0 saturated heterocycles. The van der Waals surface area contributed by atoms with Gasteiger partial charge >= 0.3 is 5.97 Å². The van der Waals surface area contributed by atoms with E-state index in [2.05, 4.69) is 15.9 Å². The molecule has 94 valence electrons. The van der Waals surface area contributed by atoms with Crippen LogP contribution in [0.1, 0.15) is 20.8 Å². The Kier molecular flexibility index (Phi) is 4.04. The molecular weight excluding hydrogens is 314 g/mol. The third-order valence-electron chi connectivity index (χ3n) is 2.57. The van der Waals surface area contributed by atoms with Crippen molar-refractivity contribution in [1.82, 2.24) is 0 Å². The lowest BCUT2D eigenvalue weighted by Gasteiger charge is -2.08. The molecule has 0 radical (unpaired) electrons. The van der Waals surface area contributed by atoms with Crippen molar-refractivity contribution in [3.05, 3.63) is 50.1 Å². The largest absolute Gasteiger partial charge is 0.456 e. The van der Waals surface area contributed by atoms with Crippen LogP contribution in [0, 0.1) is 6.92 Å². The van der Waals surface area contributed by atoms with Gasteiger partial charge in [-0.25, -0.2) is 4.79 Å². The molecule has 1 aromatic heterocycles. The molecule has 2 rings (SSSR count). The summed E-state index contributed by atoms with van der Waals surface area (Å²) in [5, 5.41) is 1.94. The Bertz CT molecular complexity index is 580. The Hall–Kier alpha value is -1.33. The molecular formula is C13H12BrNO2S. The highest BCUT2D eigenvalue weighted by Crippen LogP contribution is 2.24. The van der Waals surface area contributed by atoms with E-state index in [0.29, 0.717) is 11.3 Å². The number of para-hydroxylation sites is 1. The van der Waals surface area contributed by atoms with E-state index in [1.165, 1.54) is 11.3 Å². The van der Waals surface area contributed by atoms with Crippen LogP contribution >= 0.6 is 27.3 Å². The summed E-state index contributed by atoms with van der Waals surface area (Å²) in [6.45, 7) is 2.12. The number of hydrogen-bond donors (Lipinski definition) is 1. The standard InChI is InChI=1S/C13H12BrNO2S/c1-8-3-2-4-9(12(8)15)13(16)17-7-11-10(14)5-6-18-11/h2-6H,7,15H2,1H3. The summed E-state index contributed by atoms with van der Waals surface area (Å²) in [7, 11) is 0. The number of hydrogen-bond acceptors (Lipinski definition) is 4. The molecule has 0 amide bonds. The SMILES string of the molecule is Cc1cccc(C(=O)OCc2sccc2Br)c1N. The van der Waals surface area contributed by atoms with Gasteiger partial charge in [0.15, 0.2) is 0 Å². The molecule has 1 heterocycles. The first-order valence-corrected chi connectivity index (χ1v) is 7.01. The summed E-state index contributed by atoms with van der Waals surface area (Å²) >= 11 is 4.93. The predicted molar refractivity (Wildman–Crippen MR) is 76.7 cm³/mol. The molecule has 5 heteroatoms. The highest BCUT2D eigenvalue weighted by molar-refractivity contribution is 9.10. The van der Waals surface area contributed by atoms with Crippen LogP contribution in [0.4, 0.5) is 5.69 Å². The molecule has 2 N–H and O–H groups in total. The van der Waals surface area contributed by atoms with Gasteiger partial charge < -0.3 is 10.5 Å². The summed E-state index contributed by atoms with van der Waals surface area (Å²) < 4.78 is 6.21. The van der Waals surface area contributed by atoms with Gasteiger partial charge in [0.25, 0.3) is 0 Å². The topological polar surface area (TPSA) is 52.3 Å². The number of halogens is 1. The van der Waals surface area contributed by atoms with Crippen molar-refractivity contribution >= 4 is 38.9 Å². The molecule has 0 aliphatic heterocycles. The van der Waals surface area contributed by atoms with E-state index in [9.17, 15) is 4.79 Å². The summed E-state index contributed by atoms with van der Waals surface area (Å²) in [5.74, 6) is -0.392. The zero-order valence-electron chi connectivity index (χ0n) is 9.77.